The number of halogens is 3. The highest BCUT2D eigenvalue weighted by Crippen LogP contribution is 2.18. The van der Waals surface area contributed by atoms with E-state index in [1.54, 1.807) is 11.7 Å². The Morgan fingerprint density at radius 2 is 1.79 bits per heavy atom. The first kappa shape index (κ1) is 13.5. The highest BCUT2D eigenvalue weighted by atomic mass is 19.2. The van der Waals surface area contributed by atoms with Crippen molar-refractivity contribution >= 4 is 5.69 Å². The van der Waals surface area contributed by atoms with Crippen molar-refractivity contribution in [2.45, 2.75) is 19.9 Å². The maximum atomic E-state index is 13.0. The van der Waals surface area contributed by atoms with Crippen LogP contribution >= 0.6 is 0 Å². The number of nitrogens with one attached hydrogen (secondary N) is 1. The molecule has 1 aromatic heterocycles. The van der Waals surface area contributed by atoms with E-state index in [2.05, 4.69) is 10.4 Å². The predicted octanol–water partition coefficient (Wildman–Crippen LogP) is 3.01. The van der Waals surface area contributed by atoms with Gasteiger partial charge in [-0.15, -0.1) is 0 Å². The molecule has 19 heavy (non-hydrogen) atoms. The first-order valence-electron chi connectivity index (χ1n) is 5.91. The molecular weight excluding hydrogens is 255 g/mol. The monoisotopic (exact) mass is 269 g/mol. The smallest absolute Gasteiger partial charge is 0.194 e. The molecule has 0 aliphatic rings. The van der Waals surface area contributed by atoms with Crippen LogP contribution in [0, 0.1) is 17.5 Å². The van der Waals surface area contributed by atoms with Crippen LogP contribution in [0.5, 0.6) is 0 Å². The Hall–Kier alpha value is -1.98. The second-order valence-electron chi connectivity index (χ2n) is 4.21. The van der Waals surface area contributed by atoms with Gasteiger partial charge < -0.3 is 5.32 Å². The van der Waals surface area contributed by atoms with E-state index in [9.17, 15) is 13.2 Å². The van der Waals surface area contributed by atoms with E-state index in [1.807, 2.05) is 13.0 Å². The van der Waals surface area contributed by atoms with Crippen molar-refractivity contribution in [3.8, 4) is 0 Å². The Bertz CT molecular complexity index is 570. The summed E-state index contributed by atoms with van der Waals surface area (Å²) < 4.78 is 40.6. The molecule has 6 heteroatoms. The maximum Gasteiger partial charge on any atom is 0.194 e. The van der Waals surface area contributed by atoms with Crippen LogP contribution in [0.3, 0.4) is 0 Å². The number of anilines is 1. The molecule has 2 aromatic rings. The third-order valence-corrected chi connectivity index (χ3v) is 2.85. The van der Waals surface area contributed by atoms with Crippen LogP contribution in [-0.4, -0.2) is 9.78 Å². The van der Waals surface area contributed by atoms with Gasteiger partial charge in [-0.1, -0.05) is 6.92 Å². The van der Waals surface area contributed by atoms with Crippen molar-refractivity contribution in [2.75, 3.05) is 5.32 Å². The lowest BCUT2D eigenvalue weighted by Crippen LogP contribution is -2.06. The van der Waals surface area contributed by atoms with Gasteiger partial charge in [0.15, 0.2) is 17.5 Å². The van der Waals surface area contributed by atoms with Gasteiger partial charge in [0.05, 0.1) is 17.9 Å². The Labute approximate surface area is 109 Å². The van der Waals surface area contributed by atoms with Crippen molar-refractivity contribution in [2.24, 2.45) is 7.05 Å². The Balaban J connectivity index is 2.12. The van der Waals surface area contributed by atoms with Gasteiger partial charge in [-0.05, 0) is 12.5 Å². The molecule has 0 unspecified atom stereocenters. The first-order valence-corrected chi connectivity index (χ1v) is 5.91. The zero-order valence-corrected chi connectivity index (χ0v) is 10.7. The summed E-state index contributed by atoms with van der Waals surface area (Å²) in [5.41, 5.74) is 2.01. The third-order valence-electron chi connectivity index (χ3n) is 2.85. The maximum absolute atomic E-state index is 13.0. The van der Waals surface area contributed by atoms with Crippen molar-refractivity contribution < 1.29 is 13.2 Å². The molecule has 102 valence electrons. The van der Waals surface area contributed by atoms with Gasteiger partial charge in [0.2, 0.25) is 0 Å². The summed E-state index contributed by atoms with van der Waals surface area (Å²) in [5.74, 6) is -3.87. The second kappa shape index (κ2) is 5.34. The molecule has 1 heterocycles. The van der Waals surface area contributed by atoms with Crippen molar-refractivity contribution in [3.63, 3.8) is 0 Å². The van der Waals surface area contributed by atoms with E-state index in [0.717, 1.165) is 29.9 Å². The van der Waals surface area contributed by atoms with Gasteiger partial charge in [0.1, 0.15) is 0 Å². The molecule has 0 amide bonds. The van der Waals surface area contributed by atoms with Gasteiger partial charge in [-0.2, -0.15) is 5.10 Å². The summed E-state index contributed by atoms with van der Waals surface area (Å²) in [6, 6.07) is 3.76. The SMILES string of the molecule is CCc1cc(CNc2cc(F)c(F)c(F)c2)n(C)n1. The number of hydrogen-bond acceptors (Lipinski definition) is 2. The molecule has 0 saturated carbocycles. The normalized spacial score (nSPS) is 10.8. The van der Waals surface area contributed by atoms with Crippen LogP contribution in [0.4, 0.5) is 18.9 Å². The topological polar surface area (TPSA) is 29.9 Å². The zero-order valence-electron chi connectivity index (χ0n) is 10.7. The number of aromatic nitrogens is 2. The van der Waals surface area contributed by atoms with Crippen molar-refractivity contribution in [1.82, 2.24) is 9.78 Å². The Morgan fingerprint density at radius 3 is 2.32 bits per heavy atom. The summed E-state index contributed by atoms with van der Waals surface area (Å²) in [6.45, 7) is 2.35. The molecular formula is C13H14F3N3. The quantitative estimate of drug-likeness (QED) is 0.865. The first-order chi connectivity index (χ1) is 9.01. The molecule has 1 N–H and O–H groups in total. The average Bonchev–Trinajstić information content (AvgIpc) is 2.74. The fraction of sp³-hybridized carbons (Fsp3) is 0.308. The lowest BCUT2D eigenvalue weighted by molar-refractivity contribution is 0.447. The minimum absolute atomic E-state index is 0.190. The minimum atomic E-state index is -1.46. The molecule has 0 spiro atoms. The third kappa shape index (κ3) is 2.89. The van der Waals surface area contributed by atoms with E-state index in [0.29, 0.717) is 6.54 Å². The standard InChI is InChI=1S/C13H14F3N3/c1-3-8-4-10(19(2)18-8)7-17-9-5-11(14)13(16)12(15)6-9/h4-6,17H,3,7H2,1-2H3. The van der Waals surface area contributed by atoms with Crippen LogP contribution in [0.15, 0.2) is 18.2 Å². The fourth-order valence-electron chi connectivity index (χ4n) is 1.76. The summed E-state index contributed by atoms with van der Waals surface area (Å²) in [6.07, 6.45) is 0.813. The van der Waals surface area contributed by atoms with Crippen LogP contribution in [0.2, 0.25) is 0 Å². The van der Waals surface area contributed by atoms with E-state index in [4.69, 9.17) is 0 Å². The molecule has 0 aliphatic carbocycles. The highest BCUT2D eigenvalue weighted by molar-refractivity contribution is 5.44. The predicted molar refractivity (Wildman–Crippen MR) is 66.2 cm³/mol. The molecule has 0 aliphatic heterocycles. The summed E-state index contributed by atoms with van der Waals surface area (Å²) in [4.78, 5) is 0. The Morgan fingerprint density at radius 1 is 1.16 bits per heavy atom. The van der Waals surface area contributed by atoms with Gasteiger partial charge in [-0.25, -0.2) is 13.2 Å². The number of rotatable bonds is 4. The number of nitrogens with zero attached hydrogens (tertiary/aromatic N) is 2. The molecule has 0 bridgehead atoms. The average molecular weight is 269 g/mol. The molecule has 3 nitrogen and oxygen atoms in total. The highest BCUT2D eigenvalue weighted by Gasteiger charge is 2.11. The van der Waals surface area contributed by atoms with E-state index >= 15 is 0 Å². The van der Waals surface area contributed by atoms with Gasteiger partial charge in [0.25, 0.3) is 0 Å². The lowest BCUT2D eigenvalue weighted by atomic mass is 10.2. The number of aryl methyl sites for hydroxylation is 2. The molecule has 0 saturated heterocycles. The minimum Gasteiger partial charge on any atom is -0.379 e. The molecule has 0 radical (unpaired) electrons. The van der Waals surface area contributed by atoms with Gasteiger partial charge in [0, 0.05) is 24.9 Å². The number of hydrogen-bond donors (Lipinski definition) is 1. The lowest BCUT2D eigenvalue weighted by Gasteiger charge is -2.07. The van der Waals surface area contributed by atoms with Crippen LogP contribution in [0.25, 0.3) is 0 Å². The summed E-state index contributed by atoms with van der Waals surface area (Å²) in [7, 11) is 1.79. The van der Waals surface area contributed by atoms with Gasteiger partial charge >= 0.3 is 0 Å². The summed E-state index contributed by atoms with van der Waals surface area (Å²) >= 11 is 0. The Kier molecular flexibility index (Phi) is 3.78. The van der Waals surface area contributed by atoms with E-state index in [-0.39, 0.29) is 5.69 Å². The molecule has 2 rings (SSSR count). The van der Waals surface area contributed by atoms with Crippen LogP contribution in [-0.2, 0) is 20.0 Å². The van der Waals surface area contributed by atoms with E-state index in [1.165, 1.54) is 0 Å². The van der Waals surface area contributed by atoms with Gasteiger partial charge in [-0.3, -0.25) is 4.68 Å². The number of benzene rings is 1. The molecule has 0 fully saturated rings. The second-order valence-corrected chi connectivity index (χ2v) is 4.21. The largest absolute Gasteiger partial charge is 0.379 e. The summed E-state index contributed by atoms with van der Waals surface area (Å²) in [5, 5.41) is 7.10. The van der Waals surface area contributed by atoms with Crippen LogP contribution < -0.4 is 5.32 Å². The molecule has 1 aromatic carbocycles. The van der Waals surface area contributed by atoms with Crippen molar-refractivity contribution in [1.29, 1.82) is 0 Å². The van der Waals surface area contributed by atoms with Crippen LogP contribution in [0.1, 0.15) is 18.3 Å². The van der Waals surface area contributed by atoms with E-state index < -0.39 is 17.5 Å². The fourth-order valence-corrected chi connectivity index (χ4v) is 1.76. The zero-order chi connectivity index (χ0) is 14.0. The molecule has 0 atom stereocenters. The van der Waals surface area contributed by atoms with Crippen molar-refractivity contribution in [3.05, 3.63) is 47.0 Å².